The summed E-state index contributed by atoms with van der Waals surface area (Å²) in [7, 11) is 1.93. The number of nitrogens with zero attached hydrogens (tertiary/aromatic N) is 2. The van der Waals surface area contributed by atoms with E-state index in [1.54, 1.807) is 18.2 Å². The standard InChI is InChI=1S/C26H23N3O5S.ClH/c1-15-11-18(8-10-22(15)30)34-19-7-9-20-21(13-19)29(2)24(27-20)14-33-17-5-3-16(4-6-17)12-23-25(31)28-26(32)35-23;/h3-11,13,23,30H,12,14H2,1-2H3,(H,28,31,32);1H. The maximum Gasteiger partial charge on any atom is 0.286 e. The van der Waals surface area contributed by atoms with E-state index in [0.717, 1.165) is 39.7 Å². The van der Waals surface area contributed by atoms with Gasteiger partial charge in [0.1, 0.15) is 35.4 Å². The van der Waals surface area contributed by atoms with E-state index in [9.17, 15) is 14.7 Å². The van der Waals surface area contributed by atoms with Gasteiger partial charge in [-0.25, -0.2) is 4.98 Å². The number of carbonyl (C=O) groups excluding carboxylic acids is 2. The molecule has 1 fully saturated rings. The number of aromatic nitrogens is 2. The topological polar surface area (TPSA) is 103 Å². The number of benzene rings is 3. The molecule has 2 amide bonds. The minimum Gasteiger partial charge on any atom is -0.508 e. The van der Waals surface area contributed by atoms with Crippen molar-refractivity contribution in [2.24, 2.45) is 7.05 Å². The first-order chi connectivity index (χ1) is 16.9. The molecule has 10 heteroatoms. The number of hydrogen-bond donors (Lipinski definition) is 2. The highest BCUT2D eigenvalue weighted by atomic mass is 35.5. The highest BCUT2D eigenvalue weighted by Crippen LogP contribution is 2.29. The summed E-state index contributed by atoms with van der Waals surface area (Å²) >= 11 is 1.03. The van der Waals surface area contributed by atoms with Crippen LogP contribution in [0.4, 0.5) is 4.79 Å². The number of hydrogen-bond acceptors (Lipinski definition) is 7. The van der Waals surface area contributed by atoms with Gasteiger partial charge in [-0.05, 0) is 66.9 Å². The smallest absolute Gasteiger partial charge is 0.286 e. The molecule has 1 aromatic heterocycles. The molecular weight excluding hydrogens is 502 g/mol. The van der Waals surface area contributed by atoms with Crippen molar-refractivity contribution < 1.29 is 24.2 Å². The molecule has 0 spiro atoms. The van der Waals surface area contributed by atoms with E-state index in [1.165, 1.54) is 0 Å². The van der Waals surface area contributed by atoms with E-state index < -0.39 is 0 Å². The third-order valence-electron chi connectivity index (χ3n) is 5.83. The molecular formula is C26H24ClN3O5S. The summed E-state index contributed by atoms with van der Waals surface area (Å²) in [6, 6.07) is 18.3. The summed E-state index contributed by atoms with van der Waals surface area (Å²) in [5.74, 6) is 2.76. The van der Waals surface area contributed by atoms with Gasteiger partial charge in [0, 0.05) is 13.1 Å². The number of rotatable bonds is 7. The second-order valence-electron chi connectivity index (χ2n) is 8.31. The number of phenols is 1. The number of halogens is 1. The Labute approximate surface area is 218 Å². The first kappa shape index (κ1) is 25.4. The van der Waals surface area contributed by atoms with E-state index in [1.807, 2.05) is 61.0 Å². The number of nitrogens with one attached hydrogen (secondary N) is 1. The van der Waals surface area contributed by atoms with E-state index in [2.05, 4.69) is 10.3 Å². The van der Waals surface area contributed by atoms with Crippen molar-refractivity contribution in [2.45, 2.75) is 25.2 Å². The van der Waals surface area contributed by atoms with Gasteiger partial charge < -0.3 is 19.1 Å². The molecule has 0 saturated carbocycles. The average molecular weight is 526 g/mol. The molecule has 186 valence electrons. The molecule has 8 nitrogen and oxygen atoms in total. The van der Waals surface area contributed by atoms with Crippen LogP contribution in [0.5, 0.6) is 23.0 Å². The first-order valence-corrected chi connectivity index (χ1v) is 11.9. The third kappa shape index (κ3) is 5.42. The zero-order valence-corrected chi connectivity index (χ0v) is 21.2. The van der Waals surface area contributed by atoms with E-state index in [-0.39, 0.29) is 41.2 Å². The van der Waals surface area contributed by atoms with Gasteiger partial charge in [-0.1, -0.05) is 23.9 Å². The maximum absolute atomic E-state index is 11.8. The Bertz CT molecular complexity index is 1440. The fraction of sp³-hybridized carbons (Fsp3) is 0.192. The molecule has 2 N–H and O–H groups in total. The van der Waals surface area contributed by atoms with E-state index >= 15 is 0 Å². The summed E-state index contributed by atoms with van der Waals surface area (Å²) in [6.45, 7) is 2.11. The van der Waals surface area contributed by atoms with Crippen molar-refractivity contribution in [2.75, 3.05) is 0 Å². The van der Waals surface area contributed by atoms with Crippen LogP contribution in [0.2, 0.25) is 0 Å². The summed E-state index contributed by atoms with van der Waals surface area (Å²) in [5.41, 5.74) is 3.44. The average Bonchev–Trinajstić information content (AvgIpc) is 3.33. The Hall–Kier alpha value is -3.69. The number of aryl methyl sites for hydroxylation is 2. The number of thioether (sulfide) groups is 1. The van der Waals surface area contributed by atoms with Crippen LogP contribution in [0.1, 0.15) is 17.0 Å². The number of phenolic OH excluding ortho intramolecular Hbond substituents is 1. The third-order valence-corrected chi connectivity index (χ3v) is 6.81. The largest absolute Gasteiger partial charge is 0.508 e. The first-order valence-electron chi connectivity index (χ1n) is 11.0. The lowest BCUT2D eigenvalue weighted by atomic mass is 10.1. The normalized spacial score (nSPS) is 15.0. The zero-order chi connectivity index (χ0) is 24.5. The second kappa shape index (κ2) is 10.5. The van der Waals surface area contributed by atoms with Gasteiger partial charge >= 0.3 is 0 Å². The van der Waals surface area contributed by atoms with Gasteiger partial charge in [0.2, 0.25) is 5.91 Å². The van der Waals surface area contributed by atoms with Gasteiger partial charge in [0.15, 0.2) is 0 Å². The predicted octanol–water partition coefficient (Wildman–Crippen LogP) is 5.27. The van der Waals surface area contributed by atoms with Crippen molar-refractivity contribution in [3.05, 3.63) is 77.6 Å². The summed E-state index contributed by atoms with van der Waals surface area (Å²) in [4.78, 5) is 27.8. The van der Waals surface area contributed by atoms with Crippen molar-refractivity contribution in [1.29, 1.82) is 0 Å². The van der Waals surface area contributed by atoms with Gasteiger partial charge in [-0.15, -0.1) is 12.4 Å². The van der Waals surface area contributed by atoms with Crippen molar-refractivity contribution in [1.82, 2.24) is 14.9 Å². The minimum atomic E-state index is -0.388. The number of aromatic hydroxyl groups is 1. The highest BCUT2D eigenvalue weighted by Gasteiger charge is 2.31. The van der Waals surface area contributed by atoms with Crippen molar-refractivity contribution in [3.8, 4) is 23.0 Å². The molecule has 2 heterocycles. The Morgan fingerprint density at radius 1 is 1.03 bits per heavy atom. The van der Waals surface area contributed by atoms with Crippen LogP contribution < -0.4 is 14.8 Å². The number of imide groups is 1. The van der Waals surface area contributed by atoms with Gasteiger partial charge in [-0.3, -0.25) is 14.9 Å². The maximum atomic E-state index is 11.8. The highest BCUT2D eigenvalue weighted by molar-refractivity contribution is 8.15. The molecule has 4 aromatic rings. The molecule has 5 rings (SSSR count). The summed E-state index contributed by atoms with van der Waals surface area (Å²) in [5, 5.41) is 11.3. The SMILES string of the molecule is Cc1cc(Oc2ccc3nc(COc4ccc(CC5SC(=O)NC5=O)cc4)n(C)c3c2)ccc1O.Cl. The number of amides is 2. The lowest BCUT2D eigenvalue weighted by molar-refractivity contribution is -0.118. The van der Waals surface area contributed by atoms with Crippen LogP contribution >= 0.6 is 24.2 Å². The fourth-order valence-electron chi connectivity index (χ4n) is 3.85. The van der Waals surface area contributed by atoms with Crippen LogP contribution in [0.15, 0.2) is 60.7 Å². The van der Waals surface area contributed by atoms with Gasteiger partial charge in [-0.2, -0.15) is 0 Å². The molecule has 1 saturated heterocycles. The van der Waals surface area contributed by atoms with Gasteiger partial charge in [0.05, 0.1) is 16.3 Å². The quantitative estimate of drug-likeness (QED) is 0.338. The lowest BCUT2D eigenvalue weighted by Gasteiger charge is -2.09. The zero-order valence-electron chi connectivity index (χ0n) is 19.6. The molecule has 1 aliphatic heterocycles. The Morgan fingerprint density at radius 2 is 1.72 bits per heavy atom. The molecule has 1 unspecified atom stereocenters. The predicted molar refractivity (Wildman–Crippen MR) is 140 cm³/mol. The monoisotopic (exact) mass is 525 g/mol. The van der Waals surface area contributed by atoms with E-state index in [0.29, 0.717) is 23.7 Å². The van der Waals surface area contributed by atoms with Crippen LogP contribution in [0, 0.1) is 6.92 Å². The molecule has 0 bridgehead atoms. The molecule has 0 radical (unpaired) electrons. The Balaban J connectivity index is 0.00000304. The molecule has 1 atom stereocenters. The van der Waals surface area contributed by atoms with Crippen molar-refractivity contribution in [3.63, 3.8) is 0 Å². The lowest BCUT2D eigenvalue weighted by Crippen LogP contribution is -2.25. The number of fused-ring (bicyclic) bond motifs is 1. The molecule has 3 aromatic carbocycles. The van der Waals surface area contributed by atoms with Crippen LogP contribution in [-0.4, -0.2) is 31.1 Å². The molecule has 0 aliphatic carbocycles. The Kier molecular flexibility index (Phi) is 7.42. The summed E-state index contributed by atoms with van der Waals surface area (Å²) in [6.07, 6.45) is 0.487. The number of ether oxygens (including phenoxy) is 2. The minimum absolute atomic E-state index is 0. The van der Waals surface area contributed by atoms with Crippen LogP contribution in [0.25, 0.3) is 11.0 Å². The molecule has 1 aliphatic rings. The summed E-state index contributed by atoms with van der Waals surface area (Å²) < 4.78 is 13.9. The fourth-order valence-corrected chi connectivity index (χ4v) is 4.71. The second-order valence-corrected chi connectivity index (χ2v) is 9.48. The van der Waals surface area contributed by atoms with Crippen LogP contribution in [0.3, 0.4) is 0 Å². The van der Waals surface area contributed by atoms with Gasteiger partial charge in [0.25, 0.3) is 5.24 Å². The Morgan fingerprint density at radius 3 is 2.42 bits per heavy atom. The van der Waals surface area contributed by atoms with E-state index in [4.69, 9.17) is 9.47 Å². The molecule has 36 heavy (non-hydrogen) atoms. The van der Waals surface area contributed by atoms with Crippen LogP contribution in [-0.2, 0) is 24.9 Å². The van der Waals surface area contributed by atoms with Crippen molar-refractivity contribution >= 4 is 46.3 Å². The number of carbonyl (C=O) groups is 2. The number of imidazole rings is 1.